The highest BCUT2D eigenvalue weighted by molar-refractivity contribution is 8.00. The predicted octanol–water partition coefficient (Wildman–Crippen LogP) is 2.74. The summed E-state index contributed by atoms with van der Waals surface area (Å²) in [5.74, 6) is -0.357. The lowest BCUT2D eigenvalue weighted by atomic mass is 10.1. The van der Waals surface area contributed by atoms with E-state index in [1.54, 1.807) is 19.9 Å². The average molecular weight is 244 g/mol. The minimum atomic E-state index is -0.709. The quantitative estimate of drug-likeness (QED) is 0.800. The second-order valence-electron chi connectivity index (χ2n) is 3.92. The third-order valence-corrected chi connectivity index (χ3v) is 3.81. The standard InChI is InChI=1S/C12H17FO2S/c1-7(14)9(3)16-12-5-4-10(13)6-11(12)8(2)15/h4-9,14-15H,1-3H3. The number of halogens is 1. The Bertz CT molecular complexity index is 353. The first-order valence-electron chi connectivity index (χ1n) is 5.24. The highest BCUT2D eigenvalue weighted by atomic mass is 32.2. The van der Waals surface area contributed by atoms with Gasteiger partial charge in [-0.05, 0) is 37.6 Å². The maximum Gasteiger partial charge on any atom is 0.123 e. The molecule has 3 unspecified atom stereocenters. The molecule has 0 heterocycles. The number of hydrogen-bond acceptors (Lipinski definition) is 3. The molecule has 0 aromatic heterocycles. The average Bonchev–Trinajstić information content (AvgIpc) is 2.20. The van der Waals surface area contributed by atoms with Crippen molar-refractivity contribution in [2.45, 2.75) is 43.1 Å². The smallest absolute Gasteiger partial charge is 0.123 e. The van der Waals surface area contributed by atoms with Crippen LogP contribution in [0.3, 0.4) is 0 Å². The highest BCUT2D eigenvalue weighted by Crippen LogP contribution is 2.32. The second kappa shape index (κ2) is 5.66. The Balaban J connectivity index is 2.95. The van der Waals surface area contributed by atoms with E-state index < -0.39 is 12.2 Å². The molecule has 0 aliphatic carbocycles. The Morgan fingerprint density at radius 1 is 1.19 bits per heavy atom. The third kappa shape index (κ3) is 3.47. The van der Waals surface area contributed by atoms with Crippen LogP contribution in [0, 0.1) is 5.82 Å². The molecule has 0 amide bonds. The fourth-order valence-corrected chi connectivity index (χ4v) is 2.36. The molecule has 0 fully saturated rings. The van der Waals surface area contributed by atoms with Crippen molar-refractivity contribution in [3.63, 3.8) is 0 Å². The van der Waals surface area contributed by atoms with Crippen molar-refractivity contribution < 1.29 is 14.6 Å². The summed E-state index contributed by atoms with van der Waals surface area (Å²) in [5, 5.41) is 18.9. The summed E-state index contributed by atoms with van der Waals surface area (Å²) in [7, 11) is 0. The van der Waals surface area contributed by atoms with Gasteiger partial charge in [0.15, 0.2) is 0 Å². The molecule has 90 valence electrons. The summed E-state index contributed by atoms with van der Waals surface area (Å²) in [6.07, 6.45) is -1.16. The predicted molar refractivity (Wildman–Crippen MR) is 64.0 cm³/mol. The molecule has 0 spiro atoms. The molecular formula is C12H17FO2S. The van der Waals surface area contributed by atoms with Crippen molar-refractivity contribution in [2.75, 3.05) is 0 Å². The van der Waals surface area contributed by atoms with E-state index in [1.807, 2.05) is 6.92 Å². The second-order valence-corrected chi connectivity index (χ2v) is 5.34. The van der Waals surface area contributed by atoms with Gasteiger partial charge >= 0.3 is 0 Å². The van der Waals surface area contributed by atoms with Gasteiger partial charge in [0.25, 0.3) is 0 Å². The summed E-state index contributed by atoms with van der Waals surface area (Å²) < 4.78 is 13.0. The molecule has 16 heavy (non-hydrogen) atoms. The summed E-state index contributed by atoms with van der Waals surface area (Å²) in [5.41, 5.74) is 0.567. The van der Waals surface area contributed by atoms with Crippen molar-refractivity contribution in [3.8, 4) is 0 Å². The molecule has 1 aromatic carbocycles. The van der Waals surface area contributed by atoms with Gasteiger partial charge < -0.3 is 10.2 Å². The number of aliphatic hydroxyl groups is 2. The van der Waals surface area contributed by atoms with E-state index in [1.165, 1.54) is 23.9 Å². The Kier molecular flexibility index (Phi) is 4.77. The van der Waals surface area contributed by atoms with Crippen LogP contribution in [-0.4, -0.2) is 21.6 Å². The van der Waals surface area contributed by atoms with Crippen molar-refractivity contribution in [3.05, 3.63) is 29.6 Å². The topological polar surface area (TPSA) is 40.5 Å². The van der Waals surface area contributed by atoms with Gasteiger partial charge in [0, 0.05) is 10.1 Å². The zero-order valence-corrected chi connectivity index (χ0v) is 10.5. The molecule has 0 saturated heterocycles. The van der Waals surface area contributed by atoms with Gasteiger partial charge in [-0.3, -0.25) is 0 Å². The molecule has 4 heteroatoms. The van der Waals surface area contributed by atoms with Crippen LogP contribution in [0.15, 0.2) is 23.1 Å². The summed E-state index contributed by atoms with van der Waals surface area (Å²) in [6, 6.07) is 4.34. The minimum Gasteiger partial charge on any atom is -0.392 e. The Morgan fingerprint density at radius 3 is 2.31 bits per heavy atom. The molecule has 1 aromatic rings. The van der Waals surface area contributed by atoms with Gasteiger partial charge in [0.1, 0.15) is 5.82 Å². The van der Waals surface area contributed by atoms with Crippen LogP contribution in [0.25, 0.3) is 0 Å². The lowest BCUT2D eigenvalue weighted by Crippen LogP contribution is -2.15. The molecule has 0 aliphatic rings. The van der Waals surface area contributed by atoms with Crippen molar-refractivity contribution >= 4 is 11.8 Å². The summed E-state index contributed by atoms with van der Waals surface area (Å²) >= 11 is 1.44. The van der Waals surface area contributed by atoms with Gasteiger partial charge in [-0.1, -0.05) is 6.92 Å². The van der Waals surface area contributed by atoms with Crippen LogP contribution in [0.5, 0.6) is 0 Å². The van der Waals surface area contributed by atoms with Gasteiger partial charge in [-0.25, -0.2) is 4.39 Å². The summed E-state index contributed by atoms with van der Waals surface area (Å²) in [4.78, 5) is 0.810. The number of thioether (sulfide) groups is 1. The van der Waals surface area contributed by atoms with E-state index in [-0.39, 0.29) is 11.1 Å². The first-order valence-corrected chi connectivity index (χ1v) is 6.12. The zero-order valence-electron chi connectivity index (χ0n) is 9.64. The van der Waals surface area contributed by atoms with Crippen LogP contribution < -0.4 is 0 Å². The van der Waals surface area contributed by atoms with Crippen molar-refractivity contribution in [1.29, 1.82) is 0 Å². The lowest BCUT2D eigenvalue weighted by Gasteiger charge is -2.17. The van der Waals surface area contributed by atoms with Gasteiger partial charge in [-0.15, -0.1) is 11.8 Å². The molecule has 0 radical (unpaired) electrons. The maximum atomic E-state index is 13.0. The van der Waals surface area contributed by atoms with Gasteiger partial charge in [0.05, 0.1) is 12.2 Å². The normalized spacial score (nSPS) is 16.9. The Hall–Kier alpha value is -0.580. The van der Waals surface area contributed by atoms with Crippen molar-refractivity contribution in [2.24, 2.45) is 0 Å². The van der Waals surface area contributed by atoms with E-state index in [2.05, 4.69) is 0 Å². The summed E-state index contributed by atoms with van der Waals surface area (Å²) in [6.45, 7) is 5.21. The van der Waals surface area contributed by atoms with E-state index in [0.717, 1.165) is 4.90 Å². The Morgan fingerprint density at radius 2 is 1.81 bits per heavy atom. The molecule has 0 aliphatic heterocycles. The lowest BCUT2D eigenvalue weighted by molar-refractivity contribution is 0.193. The molecule has 1 rings (SSSR count). The van der Waals surface area contributed by atoms with Crippen LogP contribution in [0.1, 0.15) is 32.4 Å². The molecule has 0 bridgehead atoms. The maximum absolute atomic E-state index is 13.0. The van der Waals surface area contributed by atoms with E-state index >= 15 is 0 Å². The zero-order chi connectivity index (χ0) is 12.3. The monoisotopic (exact) mass is 244 g/mol. The molecular weight excluding hydrogens is 227 g/mol. The molecule has 3 atom stereocenters. The van der Waals surface area contributed by atoms with E-state index in [0.29, 0.717) is 5.56 Å². The molecule has 0 saturated carbocycles. The Labute approximate surface area is 99.5 Å². The largest absolute Gasteiger partial charge is 0.392 e. The fraction of sp³-hybridized carbons (Fsp3) is 0.500. The van der Waals surface area contributed by atoms with E-state index in [4.69, 9.17) is 0 Å². The highest BCUT2D eigenvalue weighted by Gasteiger charge is 2.15. The molecule has 2 N–H and O–H groups in total. The van der Waals surface area contributed by atoms with Crippen molar-refractivity contribution in [1.82, 2.24) is 0 Å². The van der Waals surface area contributed by atoms with Gasteiger partial charge in [0.2, 0.25) is 0 Å². The van der Waals surface area contributed by atoms with Crippen LogP contribution in [0.2, 0.25) is 0 Å². The number of aliphatic hydroxyl groups excluding tert-OH is 2. The molecule has 2 nitrogen and oxygen atoms in total. The third-order valence-electron chi connectivity index (χ3n) is 2.41. The SMILES string of the molecule is CC(O)c1cc(F)ccc1SC(C)C(C)O. The number of rotatable bonds is 4. The van der Waals surface area contributed by atoms with E-state index in [9.17, 15) is 14.6 Å². The fourth-order valence-electron chi connectivity index (χ4n) is 1.25. The number of hydrogen-bond donors (Lipinski definition) is 2. The first kappa shape index (κ1) is 13.5. The number of benzene rings is 1. The van der Waals surface area contributed by atoms with Crippen LogP contribution >= 0.6 is 11.8 Å². The minimum absolute atomic E-state index is 0.00274. The van der Waals surface area contributed by atoms with Crippen LogP contribution in [-0.2, 0) is 0 Å². The van der Waals surface area contributed by atoms with Gasteiger partial charge in [-0.2, -0.15) is 0 Å². The van der Waals surface area contributed by atoms with Crippen LogP contribution in [0.4, 0.5) is 4.39 Å². The first-order chi connectivity index (χ1) is 7.41.